The summed E-state index contributed by atoms with van der Waals surface area (Å²) in [6, 6.07) is 0. The van der Waals surface area contributed by atoms with Gasteiger partial charge in [0, 0.05) is 19.3 Å². The third kappa shape index (κ3) is 2.91. The molecule has 0 fully saturated rings. The van der Waals surface area contributed by atoms with Gasteiger partial charge in [-0.2, -0.15) is 5.10 Å². The Morgan fingerprint density at radius 3 is 3.00 bits per heavy atom. The van der Waals surface area contributed by atoms with Crippen molar-refractivity contribution in [1.82, 2.24) is 29.6 Å². The van der Waals surface area contributed by atoms with Gasteiger partial charge in [-0.25, -0.2) is 14.6 Å². The molecule has 1 N–H and O–H groups in total. The van der Waals surface area contributed by atoms with E-state index < -0.39 is 0 Å². The van der Waals surface area contributed by atoms with E-state index in [1.54, 1.807) is 6.33 Å². The molecule has 2 aromatic heterocycles. The first-order valence-corrected chi connectivity index (χ1v) is 5.85. The highest BCUT2D eigenvalue weighted by Gasteiger charge is 2.05. The number of nitrogens with one attached hydrogen (secondary N) is 1. The fourth-order valence-electron chi connectivity index (χ4n) is 1.74. The summed E-state index contributed by atoms with van der Waals surface area (Å²) in [6.07, 6.45) is 6.53. The molecule has 0 aromatic carbocycles. The van der Waals surface area contributed by atoms with Crippen LogP contribution in [0.5, 0.6) is 0 Å². The molecular formula is C11H18N6. The third-order valence-electron chi connectivity index (χ3n) is 2.50. The van der Waals surface area contributed by atoms with Gasteiger partial charge < -0.3 is 9.88 Å². The maximum atomic E-state index is 4.31. The molecule has 17 heavy (non-hydrogen) atoms. The van der Waals surface area contributed by atoms with E-state index >= 15 is 0 Å². The Balaban J connectivity index is 2.05. The molecule has 0 unspecified atom stereocenters. The molecule has 0 atom stereocenters. The van der Waals surface area contributed by atoms with Gasteiger partial charge >= 0.3 is 0 Å². The Bertz CT molecular complexity index is 458. The van der Waals surface area contributed by atoms with Crippen molar-refractivity contribution >= 4 is 0 Å². The van der Waals surface area contributed by atoms with Gasteiger partial charge in [-0.1, -0.05) is 6.92 Å². The van der Waals surface area contributed by atoms with Crippen LogP contribution in [0.4, 0.5) is 0 Å². The summed E-state index contributed by atoms with van der Waals surface area (Å²) in [5.41, 5.74) is 1.04. The van der Waals surface area contributed by atoms with E-state index in [2.05, 4.69) is 27.3 Å². The van der Waals surface area contributed by atoms with Crippen LogP contribution in [0.25, 0.3) is 0 Å². The molecule has 0 aliphatic carbocycles. The fourth-order valence-corrected chi connectivity index (χ4v) is 1.74. The standard InChI is InChI=1S/C11H18N6/c1-3-4-17-11(13-8-15-17)7-16-6-10(5-12-2)14-9-16/h6,8-9,12H,3-5,7H2,1-2H3. The third-order valence-corrected chi connectivity index (χ3v) is 2.50. The summed E-state index contributed by atoms with van der Waals surface area (Å²) in [4.78, 5) is 8.58. The normalized spacial score (nSPS) is 10.9. The van der Waals surface area contributed by atoms with Gasteiger partial charge in [-0.15, -0.1) is 0 Å². The van der Waals surface area contributed by atoms with Crippen LogP contribution in [0.1, 0.15) is 24.9 Å². The van der Waals surface area contributed by atoms with E-state index in [-0.39, 0.29) is 0 Å². The smallest absolute Gasteiger partial charge is 0.146 e. The predicted octanol–water partition coefficient (Wildman–Crippen LogP) is 0.652. The number of imidazole rings is 1. The molecule has 0 spiro atoms. The first-order valence-electron chi connectivity index (χ1n) is 5.85. The van der Waals surface area contributed by atoms with Gasteiger partial charge in [0.15, 0.2) is 0 Å². The first-order chi connectivity index (χ1) is 8.33. The molecule has 6 nitrogen and oxygen atoms in total. The molecule has 2 rings (SSSR count). The zero-order chi connectivity index (χ0) is 12.1. The molecule has 0 saturated heterocycles. The van der Waals surface area contributed by atoms with Crippen molar-refractivity contribution in [1.29, 1.82) is 0 Å². The molecule has 0 bridgehead atoms. The summed E-state index contributed by atoms with van der Waals surface area (Å²) in [6.45, 7) is 4.55. The largest absolute Gasteiger partial charge is 0.330 e. The lowest BCUT2D eigenvalue weighted by atomic mass is 10.4. The minimum Gasteiger partial charge on any atom is -0.330 e. The number of hydrogen-bond donors (Lipinski definition) is 1. The molecule has 2 heterocycles. The molecule has 92 valence electrons. The Morgan fingerprint density at radius 2 is 2.24 bits per heavy atom. The average molecular weight is 234 g/mol. The minimum absolute atomic E-state index is 0.719. The van der Waals surface area contributed by atoms with Crippen LogP contribution in [0.3, 0.4) is 0 Å². The minimum atomic E-state index is 0.719. The number of nitrogens with zero attached hydrogens (tertiary/aromatic N) is 5. The summed E-state index contributed by atoms with van der Waals surface area (Å²) >= 11 is 0. The Morgan fingerprint density at radius 1 is 1.35 bits per heavy atom. The van der Waals surface area contributed by atoms with Crippen molar-refractivity contribution in [2.45, 2.75) is 33.0 Å². The highest BCUT2D eigenvalue weighted by molar-refractivity contribution is 4.98. The topological polar surface area (TPSA) is 60.6 Å². The second-order valence-electron chi connectivity index (χ2n) is 3.97. The van der Waals surface area contributed by atoms with E-state index in [9.17, 15) is 0 Å². The van der Waals surface area contributed by atoms with E-state index in [1.807, 2.05) is 28.8 Å². The van der Waals surface area contributed by atoms with Gasteiger partial charge in [0.1, 0.15) is 12.2 Å². The van der Waals surface area contributed by atoms with Crippen LogP contribution in [0.15, 0.2) is 18.9 Å². The van der Waals surface area contributed by atoms with Crippen molar-refractivity contribution < 1.29 is 0 Å². The maximum Gasteiger partial charge on any atom is 0.146 e. The lowest BCUT2D eigenvalue weighted by Crippen LogP contribution is -2.09. The Kier molecular flexibility index (Phi) is 3.87. The molecule has 6 heteroatoms. The summed E-state index contributed by atoms with van der Waals surface area (Å²) in [7, 11) is 1.91. The average Bonchev–Trinajstić information content (AvgIpc) is 2.91. The first kappa shape index (κ1) is 11.8. The van der Waals surface area contributed by atoms with E-state index in [0.29, 0.717) is 0 Å². The van der Waals surface area contributed by atoms with Gasteiger partial charge in [0.2, 0.25) is 0 Å². The molecule has 0 aliphatic heterocycles. The lowest BCUT2D eigenvalue weighted by molar-refractivity contribution is 0.554. The van der Waals surface area contributed by atoms with Gasteiger partial charge in [0.25, 0.3) is 0 Å². The lowest BCUT2D eigenvalue weighted by Gasteiger charge is -2.04. The van der Waals surface area contributed by atoms with Crippen molar-refractivity contribution in [3.8, 4) is 0 Å². The molecule has 0 aliphatic rings. The van der Waals surface area contributed by atoms with Gasteiger partial charge in [0.05, 0.1) is 18.6 Å². The number of hydrogen-bond acceptors (Lipinski definition) is 4. The van der Waals surface area contributed by atoms with Crippen molar-refractivity contribution in [3.05, 3.63) is 30.4 Å². The predicted molar refractivity (Wildman–Crippen MR) is 64.4 cm³/mol. The summed E-state index contributed by atoms with van der Waals surface area (Å²) in [5.74, 6) is 0.972. The van der Waals surface area contributed by atoms with Gasteiger partial charge in [-0.3, -0.25) is 0 Å². The molecule has 0 amide bonds. The van der Waals surface area contributed by atoms with Crippen LogP contribution in [-0.2, 0) is 19.6 Å². The van der Waals surface area contributed by atoms with Crippen LogP contribution in [-0.4, -0.2) is 31.4 Å². The van der Waals surface area contributed by atoms with Gasteiger partial charge in [-0.05, 0) is 13.5 Å². The molecule has 2 aromatic rings. The highest BCUT2D eigenvalue weighted by atomic mass is 15.3. The second-order valence-corrected chi connectivity index (χ2v) is 3.97. The monoisotopic (exact) mass is 234 g/mol. The van der Waals surface area contributed by atoms with Crippen LogP contribution >= 0.6 is 0 Å². The Hall–Kier alpha value is -1.69. The van der Waals surface area contributed by atoms with Crippen LogP contribution in [0.2, 0.25) is 0 Å². The van der Waals surface area contributed by atoms with Crippen molar-refractivity contribution in [2.75, 3.05) is 7.05 Å². The number of aryl methyl sites for hydroxylation is 1. The maximum absolute atomic E-state index is 4.31. The van der Waals surface area contributed by atoms with Crippen LogP contribution < -0.4 is 5.32 Å². The van der Waals surface area contributed by atoms with E-state index in [1.165, 1.54) is 0 Å². The fraction of sp³-hybridized carbons (Fsp3) is 0.545. The zero-order valence-electron chi connectivity index (χ0n) is 10.3. The van der Waals surface area contributed by atoms with Crippen molar-refractivity contribution in [3.63, 3.8) is 0 Å². The van der Waals surface area contributed by atoms with E-state index in [4.69, 9.17) is 0 Å². The van der Waals surface area contributed by atoms with Crippen LogP contribution in [0, 0.1) is 0 Å². The number of rotatable bonds is 6. The molecular weight excluding hydrogens is 216 g/mol. The van der Waals surface area contributed by atoms with Crippen molar-refractivity contribution in [2.24, 2.45) is 0 Å². The Labute approximate surface area is 101 Å². The SMILES string of the molecule is CCCn1ncnc1Cn1cnc(CNC)c1. The highest BCUT2D eigenvalue weighted by Crippen LogP contribution is 2.02. The quantitative estimate of drug-likeness (QED) is 0.797. The number of aromatic nitrogens is 5. The zero-order valence-corrected chi connectivity index (χ0v) is 10.3. The molecule has 0 radical (unpaired) electrons. The summed E-state index contributed by atoms with van der Waals surface area (Å²) in [5, 5.41) is 7.28. The second kappa shape index (κ2) is 5.58. The molecule has 0 saturated carbocycles. The summed E-state index contributed by atoms with van der Waals surface area (Å²) < 4.78 is 3.97. The van der Waals surface area contributed by atoms with E-state index in [0.717, 1.165) is 37.6 Å².